The predicted molar refractivity (Wildman–Crippen MR) is 104 cm³/mol. The van der Waals surface area contributed by atoms with E-state index in [4.69, 9.17) is 0 Å². The molecule has 0 spiro atoms. The quantitative estimate of drug-likeness (QED) is 0.646. The summed E-state index contributed by atoms with van der Waals surface area (Å²) in [7, 11) is 0. The lowest BCUT2D eigenvalue weighted by atomic mass is 9.74. The Labute approximate surface area is 156 Å². The lowest BCUT2D eigenvalue weighted by molar-refractivity contribution is -0.116. The number of hydrogen-bond acceptors (Lipinski definition) is 3. The number of halogens is 1. The van der Waals surface area contributed by atoms with Gasteiger partial charge in [-0.1, -0.05) is 18.2 Å². The van der Waals surface area contributed by atoms with Gasteiger partial charge >= 0.3 is 0 Å². The third-order valence-corrected chi connectivity index (χ3v) is 5.57. The van der Waals surface area contributed by atoms with E-state index in [9.17, 15) is 9.18 Å². The molecule has 3 nitrogen and oxygen atoms in total. The van der Waals surface area contributed by atoms with E-state index in [2.05, 4.69) is 16.4 Å². The van der Waals surface area contributed by atoms with Gasteiger partial charge in [-0.2, -0.15) is 0 Å². The zero-order valence-electron chi connectivity index (χ0n) is 15.1. The molecule has 1 aromatic heterocycles. The third-order valence-electron chi connectivity index (χ3n) is 5.57. The summed E-state index contributed by atoms with van der Waals surface area (Å²) in [4.78, 5) is 17.6. The first kappa shape index (κ1) is 16.2. The molecule has 2 heterocycles. The molecule has 0 saturated carbocycles. The molecule has 5 rings (SSSR count). The fraction of sp³-hybridized carbons (Fsp3) is 0.217. The highest BCUT2D eigenvalue weighted by atomic mass is 19.1. The Balaban J connectivity index is 1.82. The number of carbonyl (C=O) groups is 1. The fourth-order valence-corrected chi connectivity index (χ4v) is 4.37. The highest BCUT2D eigenvalue weighted by molar-refractivity contribution is 6.03. The van der Waals surface area contributed by atoms with E-state index in [1.807, 2.05) is 25.1 Å². The Hall–Kier alpha value is -3.01. The summed E-state index contributed by atoms with van der Waals surface area (Å²) >= 11 is 0. The van der Waals surface area contributed by atoms with Crippen molar-refractivity contribution < 1.29 is 9.18 Å². The summed E-state index contributed by atoms with van der Waals surface area (Å²) in [6, 6.07) is 14.7. The molecule has 0 fully saturated rings. The van der Waals surface area contributed by atoms with Crippen molar-refractivity contribution in [2.45, 2.75) is 32.1 Å². The number of pyridine rings is 1. The molecular formula is C23H19FN2O. The van der Waals surface area contributed by atoms with Gasteiger partial charge in [0.15, 0.2) is 5.78 Å². The van der Waals surface area contributed by atoms with Crippen molar-refractivity contribution in [1.82, 2.24) is 4.98 Å². The topological polar surface area (TPSA) is 42.0 Å². The number of rotatable bonds is 1. The van der Waals surface area contributed by atoms with Crippen molar-refractivity contribution in [3.63, 3.8) is 0 Å². The van der Waals surface area contributed by atoms with Gasteiger partial charge in [-0.15, -0.1) is 0 Å². The van der Waals surface area contributed by atoms with Gasteiger partial charge in [0.2, 0.25) is 0 Å². The number of aromatic nitrogens is 1. The first-order valence-electron chi connectivity index (χ1n) is 9.31. The summed E-state index contributed by atoms with van der Waals surface area (Å²) < 4.78 is 13.6. The first-order chi connectivity index (χ1) is 13.1. The number of aryl methyl sites for hydroxylation is 1. The number of carbonyl (C=O) groups excluding carboxylic acids is 1. The van der Waals surface area contributed by atoms with Gasteiger partial charge in [-0.25, -0.2) is 4.39 Å². The molecule has 4 heteroatoms. The second kappa shape index (κ2) is 6.02. The van der Waals surface area contributed by atoms with Gasteiger partial charge in [0, 0.05) is 40.4 Å². The standard InChI is InChI=1S/C23H19FN2O/c1-13-5-10-16-17(25-13)11-12-19-22(16)21(14-6-8-15(24)9-7-14)23-18(26-19)3-2-4-20(23)27/h5-12,21,26H,2-4H2,1H3/t21-/m1/s1. The molecule has 1 aliphatic heterocycles. The number of Topliss-reactive ketones (excluding diaryl/α,β-unsaturated/α-hetero) is 1. The maximum atomic E-state index is 13.6. The van der Waals surface area contributed by atoms with Crippen LogP contribution in [0.2, 0.25) is 0 Å². The van der Waals surface area contributed by atoms with Gasteiger partial charge < -0.3 is 5.32 Å². The molecule has 2 aliphatic rings. The molecule has 0 amide bonds. The van der Waals surface area contributed by atoms with Crippen LogP contribution in [0.5, 0.6) is 0 Å². The van der Waals surface area contributed by atoms with Crippen LogP contribution in [0.3, 0.4) is 0 Å². The van der Waals surface area contributed by atoms with Gasteiger partial charge in [-0.05, 0) is 61.2 Å². The third kappa shape index (κ3) is 2.55. The first-order valence-corrected chi connectivity index (χ1v) is 9.31. The molecule has 1 aliphatic carbocycles. The summed E-state index contributed by atoms with van der Waals surface area (Å²) in [5.41, 5.74) is 6.71. The molecule has 1 atom stereocenters. The minimum atomic E-state index is -0.271. The summed E-state index contributed by atoms with van der Waals surface area (Å²) in [5, 5.41) is 4.54. The van der Waals surface area contributed by atoms with Crippen LogP contribution < -0.4 is 5.32 Å². The van der Waals surface area contributed by atoms with E-state index in [1.54, 1.807) is 12.1 Å². The molecular weight excluding hydrogens is 339 g/mol. The minimum absolute atomic E-state index is 0.181. The van der Waals surface area contributed by atoms with Crippen molar-refractivity contribution >= 4 is 22.4 Å². The highest BCUT2D eigenvalue weighted by Crippen LogP contribution is 2.47. The Morgan fingerprint density at radius 1 is 1.04 bits per heavy atom. The van der Waals surface area contributed by atoms with Crippen LogP contribution in [-0.2, 0) is 4.79 Å². The minimum Gasteiger partial charge on any atom is -0.358 e. The maximum absolute atomic E-state index is 13.6. The van der Waals surface area contributed by atoms with E-state index in [0.717, 1.165) is 57.5 Å². The zero-order valence-corrected chi connectivity index (χ0v) is 15.1. The maximum Gasteiger partial charge on any atom is 0.161 e. The number of allylic oxidation sites excluding steroid dienone is 2. The van der Waals surface area contributed by atoms with Crippen molar-refractivity contribution in [2.24, 2.45) is 0 Å². The van der Waals surface area contributed by atoms with Crippen LogP contribution in [-0.4, -0.2) is 10.8 Å². The molecule has 2 aromatic carbocycles. The molecule has 27 heavy (non-hydrogen) atoms. The van der Waals surface area contributed by atoms with Crippen LogP contribution in [0, 0.1) is 12.7 Å². The van der Waals surface area contributed by atoms with E-state index < -0.39 is 0 Å². The second-order valence-corrected chi connectivity index (χ2v) is 7.32. The molecule has 0 bridgehead atoms. The largest absolute Gasteiger partial charge is 0.358 e. The monoisotopic (exact) mass is 358 g/mol. The lowest BCUT2D eigenvalue weighted by Gasteiger charge is -2.34. The van der Waals surface area contributed by atoms with E-state index >= 15 is 0 Å². The van der Waals surface area contributed by atoms with Crippen LogP contribution >= 0.6 is 0 Å². The fourth-order valence-electron chi connectivity index (χ4n) is 4.37. The predicted octanol–water partition coefficient (Wildman–Crippen LogP) is 5.25. The van der Waals surface area contributed by atoms with Crippen molar-refractivity contribution in [2.75, 3.05) is 5.32 Å². The van der Waals surface area contributed by atoms with E-state index in [-0.39, 0.29) is 17.5 Å². The SMILES string of the molecule is Cc1ccc2c3c(ccc2n1)NC1=C(C(=O)CCC1)[C@@H]3c1ccc(F)cc1. The normalized spacial score (nSPS) is 18.9. The van der Waals surface area contributed by atoms with Gasteiger partial charge in [0.1, 0.15) is 5.82 Å². The Morgan fingerprint density at radius 3 is 2.67 bits per heavy atom. The number of hydrogen-bond donors (Lipinski definition) is 1. The molecule has 0 radical (unpaired) electrons. The number of benzene rings is 2. The molecule has 0 unspecified atom stereocenters. The van der Waals surface area contributed by atoms with Crippen LogP contribution in [0.15, 0.2) is 59.8 Å². The molecule has 1 N–H and O–H groups in total. The van der Waals surface area contributed by atoms with Crippen molar-refractivity contribution in [3.8, 4) is 0 Å². The molecule has 3 aromatic rings. The average molecular weight is 358 g/mol. The second-order valence-electron chi connectivity index (χ2n) is 7.32. The molecule has 0 saturated heterocycles. The number of anilines is 1. The average Bonchev–Trinajstić information content (AvgIpc) is 2.67. The lowest BCUT2D eigenvalue weighted by Crippen LogP contribution is -2.27. The molecule has 134 valence electrons. The van der Waals surface area contributed by atoms with Crippen molar-refractivity contribution in [3.05, 3.63) is 82.4 Å². The van der Waals surface area contributed by atoms with E-state index in [1.165, 1.54) is 12.1 Å². The van der Waals surface area contributed by atoms with E-state index in [0.29, 0.717) is 6.42 Å². The smallest absolute Gasteiger partial charge is 0.161 e. The number of nitrogens with one attached hydrogen (secondary N) is 1. The van der Waals surface area contributed by atoms with Crippen LogP contribution in [0.4, 0.5) is 10.1 Å². The summed E-state index contributed by atoms with van der Waals surface area (Å²) in [5.74, 6) is -0.286. The Bertz CT molecular complexity index is 1120. The Morgan fingerprint density at radius 2 is 1.85 bits per heavy atom. The van der Waals surface area contributed by atoms with Gasteiger partial charge in [0.05, 0.1) is 5.52 Å². The van der Waals surface area contributed by atoms with Crippen LogP contribution in [0.25, 0.3) is 10.9 Å². The summed E-state index contributed by atoms with van der Waals surface area (Å²) in [6.45, 7) is 1.97. The highest BCUT2D eigenvalue weighted by Gasteiger charge is 2.36. The van der Waals surface area contributed by atoms with Gasteiger partial charge in [0.25, 0.3) is 0 Å². The number of fused-ring (bicyclic) bond motifs is 3. The van der Waals surface area contributed by atoms with Crippen molar-refractivity contribution in [1.29, 1.82) is 0 Å². The Kier molecular flexibility index (Phi) is 3.61. The van der Waals surface area contributed by atoms with Crippen LogP contribution in [0.1, 0.15) is 42.0 Å². The zero-order chi connectivity index (χ0) is 18.5. The summed E-state index contributed by atoms with van der Waals surface area (Å²) in [6.07, 6.45) is 2.29. The van der Waals surface area contributed by atoms with Gasteiger partial charge in [-0.3, -0.25) is 9.78 Å². The number of nitrogens with zero attached hydrogens (tertiary/aromatic N) is 1. The number of ketones is 1.